The van der Waals surface area contributed by atoms with E-state index in [4.69, 9.17) is 20.0 Å². The number of carbonyl (C=O) groups excluding carboxylic acids is 2. The number of carbonyl (C=O) groups is 2. The van der Waals surface area contributed by atoms with Crippen molar-refractivity contribution in [3.05, 3.63) is 28.7 Å². The summed E-state index contributed by atoms with van der Waals surface area (Å²) < 4.78 is 53.8. The van der Waals surface area contributed by atoms with E-state index in [9.17, 15) is 23.1 Å². The molecular formula is C31H48F3N5O5. The zero-order valence-corrected chi connectivity index (χ0v) is 26.3. The van der Waals surface area contributed by atoms with Crippen LogP contribution in [-0.4, -0.2) is 78.4 Å². The number of alkyl halides is 3. The Morgan fingerprint density at radius 1 is 1.18 bits per heavy atom. The highest BCUT2D eigenvalue weighted by Crippen LogP contribution is 2.44. The Bertz CT molecular complexity index is 1100. The number of nitrogens with two attached hydrogens (primary N) is 1. The van der Waals surface area contributed by atoms with E-state index in [0.29, 0.717) is 57.2 Å². The molecule has 2 aliphatic rings. The molecule has 2 fully saturated rings. The molecule has 0 bridgehead atoms. The smallest absolute Gasteiger partial charge is 0.401 e. The van der Waals surface area contributed by atoms with Crippen LogP contribution in [0.15, 0.2) is 17.3 Å². The summed E-state index contributed by atoms with van der Waals surface area (Å²) in [6.45, 7) is 11.4. The maximum Gasteiger partial charge on any atom is 0.433 e. The second kappa shape index (κ2) is 18.0. The van der Waals surface area contributed by atoms with Crippen molar-refractivity contribution in [3.63, 3.8) is 0 Å². The molecule has 10 nitrogen and oxygen atoms in total. The van der Waals surface area contributed by atoms with Gasteiger partial charge in [0.15, 0.2) is 11.5 Å². The fourth-order valence-corrected chi connectivity index (χ4v) is 5.33. The first-order chi connectivity index (χ1) is 20.8. The Labute approximate surface area is 259 Å². The zero-order valence-electron chi connectivity index (χ0n) is 26.3. The van der Waals surface area contributed by atoms with Crippen LogP contribution in [0.3, 0.4) is 0 Å². The molecule has 1 atom stereocenters. The van der Waals surface area contributed by atoms with Crippen molar-refractivity contribution in [3.8, 4) is 12.8 Å². The van der Waals surface area contributed by atoms with Gasteiger partial charge >= 0.3 is 6.18 Å². The Kier molecular flexibility index (Phi) is 16.0. The van der Waals surface area contributed by atoms with Crippen molar-refractivity contribution in [1.82, 2.24) is 15.3 Å². The van der Waals surface area contributed by atoms with Crippen molar-refractivity contribution in [2.45, 2.75) is 90.1 Å². The third-order valence-electron chi connectivity index (χ3n) is 7.22. The first-order valence-corrected chi connectivity index (χ1v) is 14.8. The first kappa shape index (κ1) is 39.0. The zero-order chi connectivity index (χ0) is 33.6. The first-order valence-electron chi connectivity index (χ1n) is 14.8. The lowest BCUT2D eigenvalue weighted by Gasteiger charge is -2.40. The van der Waals surface area contributed by atoms with E-state index in [1.54, 1.807) is 0 Å². The average Bonchev–Trinajstić information content (AvgIpc) is 3.46. The van der Waals surface area contributed by atoms with Crippen LogP contribution in [0.2, 0.25) is 0 Å². The van der Waals surface area contributed by atoms with E-state index in [0.717, 1.165) is 12.8 Å². The number of aliphatic hydroxyl groups is 1. The van der Waals surface area contributed by atoms with Crippen molar-refractivity contribution in [2.24, 2.45) is 11.7 Å². The largest absolute Gasteiger partial charge is 0.433 e. The highest BCUT2D eigenvalue weighted by molar-refractivity contribution is 6.08. The van der Waals surface area contributed by atoms with E-state index in [2.05, 4.69) is 28.1 Å². The third-order valence-corrected chi connectivity index (χ3v) is 7.22. The lowest BCUT2D eigenvalue weighted by atomic mass is 9.78. The molecule has 4 N–H and O–H groups in total. The molecule has 0 aromatic carbocycles. The van der Waals surface area contributed by atoms with Crippen LogP contribution in [0.5, 0.6) is 0 Å². The molecule has 13 heteroatoms. The van der Waals surface area contributed by atoms with Crippen LogP contribution in [0, 0.1) is 18.8 Å². The fraction of sp³-hybridized carbons (Fsp3) is 0.677. The average molecular weight is 628 g/mol. The molecule has 3 rings (SSSR count). The Hall–Kier alpha value is -3.05. The molecule has 1 aromatic heterocycles. The highest BCUT2D eigenvalue weighted by Gasteiger charge is 2.48. The summed E-state index contributed by atoms with van der Waals surface area (Å²) in [6.07, 6.45) is 7.68. The lowest BCUT2D eigenvalue weighted by Crippen LogP contribution is -2.45. The number of anilines is 1. The standard InChI is InChI=1S/C28H44F3N5O4.C2H2.CH2O/c1-5-9-19(23(32)20-10-6-7-11-27(20)39-16-17-40-27)24(38)21-18-22(28(29,30)31)35-25(34-21)36(14-15-37)13-8-12-33-26(2,3)4;2*1-2/h18,20,33,37H,5-17,32H2,1-4H3;1-2H;1H2/b23-19-;;/t20-;;/m1../s1. The summed E-state index contributed by atoms with van der Waals surface area (Å²) in [5.41, 5.74) is 5.44. The lowest BCUT2D eigenvalue weighted by molar-refractivity contribution is -0.203. The summed E-state index contributed by atoms with van der Waals surface area (Å²) in [7, 11) is 0. The molecule has 1 aliphatic carbocycles. The Balaban J connectivity index is 0.00000232. The number of aromatic nitrogens is 2. The van der Waals surface area contributed by atoms with E-state index >= 15 is 0 Å². The number of nitrogens with zero attached hydrogens (tertiary/aromatic N) is 3. The quantitative estimate of drug-likeness (QED) is 0.133. The van der Waals surface area contributed by atoms with Gasteiger partial charge in [0.25, 0.3) is 0 Å². The number of terminal acetylenes is 1. The van der Waals surface area contributed by atoms with E-state index in [1.165, 1.54) is 4.90 Å². The number of hydrogen-bond acceptors (Lipinski definition) is 10. The number of allylic oxidation sites excluding steroid dienone is 1. The number of Topliss-reactive ketones (excluding diaryl/α,β-unsaturated/α-hetero) is 1. The van der Waals surface area contributed by atoms with Gasteiger partial charge in [-0.2, -0.15) is 13.2 Å². The maximum absolute atomic E-state index is 13.9. The summed E-state index contributed by atoms with van der Waals surface area (Å²) in [5, 5.41) is 12.9. The molecule has 0 radical (unpaired) electrons. The summed E-state index contributed by atoms with van der Waals surface area (Å²) in [5.74, 6) is -2.20. The predicted octanol–water partition coefficient (Wildman–Crippen LogP) is 4.27. The number of rotatable bonds is 12. The summed E-state index contributed by atoms with van der Waals surface area (Å²) in [6, 6.07) is 0.687. The minimum Gasteiger partial charge on any atom is -0.401 e. The van der Waals surface area contributed by atoms with Gasteiger partial charge in [-0.1, -0.05) is 19.8 Å². The third kappa shape index (κ3) is 10.8. The molecule has 0 amide bonds. The van der Waals surface area contributed by atoms with E-state index in [1.807, 2.05) is 34.5 Å². The second-order valence-electron chi connectivity index (χ2n) is 11.5. The van der Waals surface area contributed by atoms with E-state index < -0.39 is 23.4 Å². The van der Waals surface area contributed by atoms with Crippen molar-refractivity contribution >= 4 is 18.5 Å². The molecule has 1 aliphatic heterocycles. The predicted molar refractivity (Wildman–Crippen MR) is 163 cm³/mol. The van der Waals surface area contributed by atoms with Crippen LogP contribution < -0.4 is 16.0 Å². The number of ether oxygens (including phenoxy) is 2. The molecule has 44 heavy (non-hydrogen) atoms. The number of aliphatic hydroxyl groups excluding tert-OH is 1. The van der Waals surface area contributed by atoms with Gasteiger partial charge in [0, 0.05) is 36.3 Å². The highest BCUT2D eigenvalue weighted by atomic mass is 19.4. The monoisotopic (exact) mass is 627 g/mol. The Morgan fingerprint density at radius 3 is 2.36 bits per heavy atom. The molecule has 248 valence electrons. The van der Waals surface area contributed by atoms with E-state index in [-0.39, 0.29) is 54.8 Å². The van der Waals surface area contributed by atoms with Gasteiger partial charge in [0.1, 0.15) is 12.5 Å². The molecule has 1 saturated carbocycles. The number of hydrogen-bond donors (Lipinski definition) is 3. The normalized spacial score (nSPS) is 18.4. The van der Waals surface area contributed by atoms with Gasteiger partial charge in [-0.25, -0.2) is 9.97 Å². The minimum absolute atomic E-state index is 0.0174. The van der Waals surface area contributed by atoms with Crippen LogP contribution in [-0.2, 0) is 20.4 Å². The SMILES string of the molecule is C#C.C=O.CCC/C(C(=O)c1cc(C(F)(F)F)nc(N(CCO)CCCNC(C)(C)C)n1)=C(/N)[C@H]1CCCCC12OCCO2. The summed E-state index contributed by atoms with van der Waals surface area (Å²) >= 11 is 0. The van der Waals surface area contributed by atoms with Crippen LogP contribution in [0.25, 0.3) is 0 Å². The van der Waals surface area contributed by atoms with Gasteiger partial charge in [0.05, 0.1) is 25.7 Å². The van der Waals surface area contributed by atoms with Gasteiger partial charge in [0.2, 0.25) is 11.7 Å². The minimum atomic E-state index is -4.80. The molecule has 1 aromatic rings. The van der Waals surface area contributed by atoms with Gasteiger partial charge in [-0.3, -0.25) is 4.79 Å². The van der Waals surface area contributed by atoms with Gasteiger partial charge in [-0.05, 0) is 59.1 Å². The number of ketones is 1. The van der Waals surface area contributed by atoms with Crippen LogP contribution in [0.4, 0.5) is 19.1 Å². The summed E-state index contributed by atoms with van der Waals surface area (Å²) in [4.78, 5) is 31.4. The van der Waals surface area contributed by atoms with Crippen molar-refractivity contribution in [2.75, 3.05) is 44.4 Å². The van der Waals surface area contributed by atoms with Crippen molar-refractivity contribution < 1.29 is 37.3 Å². The second-order valence-corrected chi connectivity index (χ2v) is 11.5. The molecule has 1 saturated heterocycles. The van der Waals surface area contributed by atoms with Gasteiger partial charge in [-0.15, -0.1) is 12.8 Å². The number of nitrogens with one attached hydrogen (secondary N) is 1. The number of halogens is 3. The molecule has 2 heterocycles. The van der Waals surface area contributed by atoms with Crippen molar-refractivity contribution in [1.29, 1.82) is 0 Å². The van der Waals surface area contributed by atoms with Crippen LogP contribution in [0.1, 0.15) is 88.8 Å². The Morgan fingerprint density at radius 2 is 1.82 bits per heavy atom. The maximum atomic E-state index is 13.9. The molecule has 1 spiro atoms. The van der Waals surface area contributed by atoms with Gasteiger partial charge < -0.3 is 35.3 Å². The van der Waals surface area contributed by atoms with Crippen LogP contribution >= 0.6 is 0 Å². The molecular weight excluding hydrogens is 579 g/mol. The topological polar surface area (TPSA) is 140 Å². The fourth-order valence-electron chi connectivity index (χ4n) is 5.33. The molecule has 0 unspecified atom stereocenters.